The van der Waals surface area contributed by atoms with Crippen molar-refractivity contribution in [2.24, 2.45) is 16.3 Å². The Bertz CT molecular complexity index is 357. The number of nitrogens with one attached hydrogen (secondary N) is 2. The number of methoxy groups -OCH3 is 1. The van der Waals surface area contributed by atoms with Gasteiger partial charge in [-0.3, -0.25) is 4.99 Å². The number of likely N-dealkylation sites (tertiary alicyclic amines) is 1. The summed E-state index contributed by atoms with van der Waals surface area (Å²) in [5.74, 6) is 1.76. The fraction of sp³-hybridized carbons (Fsp3) is 0.947. The molecule has 0 bridgehead atoms. The second kappa shape index (κ2) is 10.9. The van der Waals surface area contributed by atoms with Crippen LogP contribution in [-0.2, 0) is 4.74 Å². The van der Waals surface area contributed by atoms with Crippen molar-refractivity contribution in [2.75, 3.05) is 46.4 Å². The predicted octanol–water partition coefficient (Wildman–Crippen LogP) is 2.72. The van der Waals surface area contributed by atoms with E-state index in [1.807, 2.05) is 0 Å². The number of rotatable bonds is 8. The van der Waals surface area contributed by atoms with Gasteiger partial charge in [-0.15, -0.1) is 0 Å². The summed E-state index contributed by atoms with van der Waals surface area (Å²) < 4.78 is 5.60. The van der Waals surface area contributed by atoms with E-state index in [4.69, 9.17) is 9.73 Å². The van der Waals surface area contributed by atoms with Crippen molar-refractivity contribution in [1.29, 1.82) is 0 Å². The molecule has 0 aromatic rings. The molecule has 1 saturated heterocycles. The lowest BCUT2D eigenvalue weighted by Gasteiger charge is -2.31. The highest BCUT2D eigenvalue weighted by atomic mass is 16.5. The van der Waals surface area contributed by atoms with E-state index in [1.165, 1.54) is 38.9 Å². The molecule has 1 atom stereocenters. The number of guanidine groups is 1. The van der Waals surface area contributed by atoms with Crippen LogP contribution in [-0.4, -0.2) is 63.3 Å². The molecule has 5 heteroatoms. The van der Waals surface area contributed by atoms with Crippen LogP contribution in [0.4, 0.5) is 0 Å². The van der Waals surface area contributed by atoms with Crippen LogP contribution in [0.3, 0.4) is 0 Å². The van der Waals surface area contributed by atoms with Gasteiger partial charge in [0, 0.05) is 20.2 Å². The molecule has 0 radical (unpaired) electrons. The molecule has 1 aliphatic rings. The van der Waals surface area contributed by atoms with Crippen LogP contribution in [0.2, 0.25) is 0 Å². The van der Waals surface area contributed by atoms with Gasteiger partial charge in [-0.2, -0.15) is 0 Å². The van der Waals surface area contributed by atoms with E-state index in [0.29, 0.717) is 6.54 Å². The Morgan fingerprint density at radius 3 is 2.38 bits per heavy atom. The maximum absolute atomic E-state index is 5.60. The number of piperidine rings is 1. The summed E-state index contributed by atoms with van der Waals surface area (Å²) in [6.07, 6.45) is 4.03. The first-order chi connectivity index (χ1) is 11.4. The lowest BCUT2D eigenvalue weighted by atomic mass is 9.89. The Balaban J connectivity index is 2.38. The SMILES string of the molecule is CCNC(=NCC(OC)C(C)(C)C)NCCC1CCN(CC)CC1. The Morgan fingerprint density at radius 2 is 1.88 bits per heavy atom. The highest BCUT2D eigenvalue weighted by molar-refractivity contribution is 5.79. The number of ether oxygens (including phenoxy) is 1. The van der Waals surface area contributed by atoms with Crippen LogP contribution < -0.4 is 10.6 Å². The average molecular weight is 341 g/mol. The Kier molecular flexibility index (Phi) is 9.67. The van der Waals surface area contributed by atoms with Crippen LogP contribution in [0.25, 0.3) is 0 Å². The van der Waals surface area contributed by atoms with E-state index < -0.39 is 0 Å². The van der Waals surface area contributed by atoms with Gasteiger partial charge in [0.15, 0.2) is 5.96 Å². The maximum Gasteiger partial charge on any atom is 0.191 e. The number of hydrogen-bond acceptors (Lipinski definition) is 3. The third kappa shape index (κ3) is 7.84. The molecule has 0 aromatic heterocycles. The molecule has 0 aromatic carbocycles. The standard InChI is InChI=1S/C19H40N4O/c1-7-20-18(22-15-17(24-6)19(3,4)5)21-12-9-16-10-13-23(8-2)14-11-16/h16-17H,7-15H2,1-6H3,(H2,20,21,22). The van der Waals surface area contributed by atoms with Crippen molar-refractivity contribution in [3.63, 3.8) is 0 Å². The maximum atomic E-state index is 5.60. The zero-order valence-corrected chi connectivity index (χ0v) is 16.8. The second-order valence-corrected chi connectivity index (χ2v) is 7.90. The highest BCUT2D eigenvalue weighted by Crippen LogP contribution is 2.22. The summed E-state index contributed by atoms with van der Waals surface area (Å²) in [7, 11) is 1.77. The Hall–Kier alpha value is -0.810. The van der Waals surface area contributed by atoms with Crippen LogP contribution in [0, 0.1) is 11.3 Å². The molecule has 0 saturated carbocycles. The van der Waals surface area contributed by atoms with Gasteiger partial charge < -0.3 is 20.3 Å². The van der Waals surface area contributed by atoms with Crippen molar-refractivity contribution >= 4 is 5.96 Å². The van der Waals surface area contributed by atoms with Crippen molar-refractivity contribution in [3.8, 4) is 0 Å². The Labute approximate surface area is 149 Å². The van der Waals surface area contributed by atoms with Gasteiger partial charge in [0.1, 0.15) is 0 Å². The molecule has 2 N–H and O–H groups in total. The number of hydrogen-bond donors (Lipinski definition) is 2. The summed E-state index contributed by atoms with van der Waals surface area (Å²) in [6.45, 7) is 17.2. The molecular weight excluding hydrogens is 300 g/mol. The van der Waals surface area contributed by atoms with Gasteiger partial charge in [-0.25, -0.2) is 0 Å². The van der Waals surface area contributed by atoms with E-state index in [9.17, 15) is 0 Å². The van der Waals surface area contributed by atoms with Gasteiger partial charge in [0.2, 0.25) is 0 Å². The van der Waals surface area contributed by atoms with Gasteiger partial charge in [0.05, 0.1) is 12.6 Å². The fourth-order valence-corrected chi connectivity index (χ4v) is 3.20. The Morgan fingerprint density at radius 1 is 1.21 bits per heavy atom. The summed E-state index contributed by atoms with van der Waals surface area (Å²) in [6, 6.07) is 0. The summed E-state index contributed by atoms with van der Waals surface area (Å²) in [5.41, 5.74) is 0.100. The smallest absolute Gasteiger partial charge is 0.191 e. The third-order valence-electron chi connectivity index (χ3n) is 5.01. The molecule has 1 unspecified atom stereocenters. The number of nitrogens with zero attached hydrogens (tertiary/aromatic N) is 2. The van der Waals surface area contributed by atoms with Crippen molar-refractivity contribution in [2.45, 2.75) is 60.0 Å². The first kappa shape index (κ1) is 21.2. The molecule has 1 fully saturated rings. The molecule has 0 spiro atoms. The quantitative estimate of drug-likeness (QED) is 0.527. The van der Waals surface area contributed by atoms with Gasteiger partial charge in [0.25, 0.3) is 0 Å². The van der Waals surface area contributed by atoms with Gasteiger partial charge >= 0.3 is 0 Å². The van der Waals surface area contributed by atoms with Crippen LogP contribution in [0.1, 0.15) is 53.9 Å². The predicted molar refractivity (Wildman–Crippen MR) is 104 cm³/mol. The molecule has 1 aliphatic heterocycles. The normalized spacial score (nSPS) is 19.3. The third-order valence-corrected chi connectivity index (χ3v) is 5.01. The highest BCUT2D eigenvalue weighted by Gasteiger charge is 2.24. The van der Waals surface area contributed by atoms with Crippen LogP contribution in [0.5, 0.6) is 0 Å². The second-order valence-electron chi connectivity index (χ2n) is 7.90. The molecule has 142 valence electrons. The molecule has 0 aliphatic carbocycles. The molecule has 5 nitrogen and oxygen atoms in total. The monoisotopic (exact) mass is 340 g/mol. The van der Waals surface area contributed by atoms with Crippen molar-refractivity contribution < 1.29 is 4.74 Å². The summed E-state index contributed by atoms with van der Waals surface area (Å²) >= 11 is 0. The van der Waals surface area contributed by atoms with E-state index >= 15 is 0 Å². The molecular formula is C19H40N4O. The fourth-order valence-electron chi connectivity index (χ4n) is 3.20. The van der Waals surface area contributed by atoms with Gasteiger partial charge in [-0.1, -0.05) is 27.7 Å². The van der Waals surface area contributed by atoms with Crippen LogP contribution >= 0.6 is 0 Å². The van der Waals surface area contributed by atoms with Crippen molar-refractivity contribution in [3.05, 3.63) is 0 Å². The minimum atomic E-state index is 0.100. The topological polar surface area (TPSA) is 48.9 Å². The first-order valence-corrected chi connectivity index (χ1v) is 9.68. The average Bonchev–Trinajstić information content (AvgIpc) is 2.54. The van der Waals surface area contributed by atoms with E-state index in [2.05, 4.69) is 50.2 Å². The molecule has 1 heterocycles. The first-order valence-electron chi connectivity index (χ1n) is 9.68. The van der Waals surface area contributed by atoms with Crippen molar-refractivity contribution in [1.82, 2.24) is 15.5 Å². The molecule has 0 amide bonds. The minimum absolute atomic E-state index is 0.100. The zero-order valence-electron chi connectivity index (χ0n) is 16.8. The summed E-state index contributed by atoms with van der Waals surface area (Å²) in [4.78, 5) is 7.27. The van der Waals surface area contributed by atoms with E-state index in [-0.39, 0.29) is 11.5 Å². The van der Waals surface area contributed by atoms with Gasteiger partial charge in [-0.05, 0) is 57.2 Å². The number of aliphatic imine (C=N–C) groups is 1. The largest absolute Gasteiger partial charge is 0.379 e. The van der Waals surface area contributed by atoms with Crippen LogP contribution in [0.15, 0.2) is 4.99 Å². The summed E-state index contributed by atoms with van der Waals surface area (Å²) in [5, 5.41) is 6.84. The minimum Gasteiger partial charge on any atom is -0.379 e. The lowest BCUT2D eigenvalue weighted by Crippen LogP contribution is -2.40. The zero-order chi connectivity index (χ0) is 18.0. The molecule has 24 heavy (non-hydrogen) atoms. The molecule has 1 rings (SSSR count). The van der Waals surface area contributed by atoms with E-state index in [0.717, 1.165) is 25.0 Å². The lowest BCUT2D eigenvalue weighted by molar-refractivity contribution is 0.0241. The van der Waals surface area contributed by atoms with E-state index in [1.54, 1.807) is 7.11 Å².